The summed E-state index contributed by atoms with van der Waals surface area (Å²) in [5.41, 5.74) is 2.88. The number of alkyl halides is 3. The van der Waals surface area contributed by atoms with Crippen molar-refractivity contribution in [3.8, 4) is 28.4 Å². The summed E-state index contributed by atoms with van der Waals surface area (Å²) < 4.78 is 71.2. The molecular weight excluding hydrogens is 680 g/mol. The maximum Gasteiger partial charge on any atom is 0.435 e. The van der Waals surface area contributed by atoms with Crippen molar-refractivity contribution in [1.29, 1.82) is 0 Å². The molecule has 8 rings (SSSR count). The van der Waals surface area contributed by atoms with Crippen LogP contribution in [0.1, 0.15) is 41.0 Å². The van der Waals surface area contributed by atoms with Gasteiger partial charge in [-0.25, -0.2) is 14.1 Å². The van der Waals surface area contributed by atoms with Crippen LogP contribution >= 0.6 is 0 Å². The molecule has 52 heavy (non-hydrogen) atoms. The molecule has 9 nitrogen and oxygen atoms in total. The second-order valence-corrected chi connectivity index (χ2v) is 12.9. The van der Waals surface area contributed by atoms with Gasteiger partial charge in [0.2, 0.25) is 0 Å². The average molecular weight is 715 g/mol. The fourth-order valence-electron chi connectivity index (χ4n) is 6.50. The Morgan fingerprint density at radius 2 is 1.58 bits per heavy atom. The molecule has 0 radical (unpaired) electrons. The molecule has 0 spiro atoms. The first-order valence-electron chi connectivity index (χ1n) is 16.7. The lowest BCUT2D eigenvalue weighted by atomic mass is 10.0. The van der Waals surface area contributed by atoms with Crippen molar-refractivity contribution in [2.75, 3.05) is 31.3 Å². The minimum absolute atomic E-state index is 0.0166. The van der Waals surface area contributed by atoms with Gasteiger partial charge in [0.1, 0.15) is 36.3 Å². The molecule has 0 N–H and O–H groups in total. The predicted octanol–water partition coefficient (Wildman–Crippen LogP) is 7.06. The molecule has 5 aromatic rings. The van der Waals surface area contributed by atoms with Crippen LogP contribution in [-0.4, -0.2) is 58.8 Å². The van der Waals surface area contributed by atoms with Crippen LogP contribution < -0.4 is 14.4 Å². The van der Waals surface area contributed by atoms with Crippen LogP contribution in [0, 0.1) is 12.7 Å². The molecule has 1 saturated heterocycles. The number of morpholine rings is 1. The summed E-state index contributed by atoms with van der Waals surface area (Å²) in [5, 5.41) is 3.72. The van der Waals surface area contributed by atoms with E-state index in [1.165, 1.54) is 23.8 Å². The molecule has 0 unspecified atom stereocenters. The van der Waals surface area contributed by atoms with Crippen LogP contribution in [0.5, 0.6) is 11.5 Å². The minimum atomic E-state index is -4.64. The van der Waals surface area contributed by atoms with E-state index in [2.05, 4.69) is 29.1 Å². The quantitative estimate of drug-likeness (QED) is 0.183. The van der Waals surface area contributed by atoms with E-state index in [0.717, 1.165) is 34.6 Å². The van der Waals surface area contributed by atoms with Crippen LogP contribution in [0.15, 0.2) is 84.9 Å². The fraction of sp³-hybridized carbons (Fsp3) is 0.282. The lowest BCUT2D eigenvalue weighted by molar-refractivity contribution is -0.141. The van der Waals surface area contributed by atoms with Crippen LogP contribution in [0.4, 0.5) is 23.4 Å². The highest BCUT2D eigenvalue weighted by Gasteiger charge is 2.36. The number of anilines is 1. The van der Waals surface area contributed by atoms with Gasteiger partial charge in [0, 0.05) is 24.1 Å². The molecular formula is C39H34F4N4O5. The first kappa shape index (κ1) is 34.9. The number of rotatable bonds is 4. The number of hydrogen-bond donors (Lipinski definition) is 0. The minimum Gasteiger partial charge on any atom is -0.486 e. The fourth-order valence-corrected chi connectivity index (χ4v) is 6.50. The Kier molecular flexibility index (Phi) is 9.54. The number of halogens is 4. The summed E-state index contributed by atoms with van der Waals surface area (Å²) in [5.74, 6) is 1.59. The Hall–Kier alpha value is -5.56. The second kappa shape index (κ2) is 14.2. The monoisotopic (exact) mass is 714 g/mol. The number of aryl methyl sites for hydroxylation is 1. The maximum atomic E-state index is 13.5. The average Bonchev–Trinajstić information content (AvgIpc) is 3.58. The maximum absolute atomic E-state index is 13.5. The third-order valence-corrected chi connectivity index (χ3v) is 9.04. The molecule has 0 saturated carbocycles. The Bertz CT molecular complexity index is 2140. The molecule has 1 fully saturated rings. The Labute approximate surface area is 296 Å². The highest BCUT2D eigenvalue weighted by Crippen LogP contribution is 2.37. The van der Waals surface area contributed by atoms with Crippen molar-refractivity contribution in [3.05, 3.63) is 119 Å². The molecule has 2 aromatic heterocycles. The summed E-state index contributed by atoms with van der Waals surface area (Å²) >= 11 is 0. The van der Waals surface area contributed by atoms with Gasteiger partial charge in [-0.15, -0.1) is 0 Å². The van der Waals surface area contributed by atoms with E-state index >= 15 is 0 Å². The molecule has 13 heteroatoms. The van der Waals surface area contributed by atoms with E-state index in [1.54, 1.807) is 25.1 Å². The number of ether oxygens (including phenoxy) is 3. The van der Waals surface area contributed by atoms with Gasteiger partial charge in [-0.05, 0) is 79.6 Å². The topological polar surface area (TPSA) is 95.8 Å². The van der Waals surface area contributed by atoms with Crippen molar-refractivity contribution in [3.63, 3.8) is 0 Å². The van der Waals surface area contributed by atoms with Gasteiger partial charge in [-0.3, -0.25) is 9.59 Å². The van der Waals surface area contributed by atoms with Crippen molar-refractivity contribution >= 4 is 17.4 Å². The van der Waals surface area contributed by atoms with E-state index in [4.69, 9.17) is 19.2 Å². The zero-order valence-electron chi connectivity index (χ0n) is 28.3. The predicted molar refractivity (Wildman–Crippen MR) is 183 cm³/mol. The van der Waals surface area contributed by atoms with Gasteiger partial charge < -0.3 is 19.1 Å². The SMILES string of the molecule is C[C@@H]1CN(c2ccc3c(n2)CC(=O)CO3)[C@H](c2ccccc2)CO1.Cc1cc(F)ccc1-n1nc(C(F)(F)F)cc1-c1ccc2c(c1)CC(=O)CO2. The Morgan fingerprint density at radius 3 is 2.33 bits per heavy atom. The lowest BCUT2D eigenvalue weighted by Gasteiger charge is -2.40. The van der Waals surface area contributed by atoms with E-state index < -0.39 is 17.7 Å². The number of carbonyl (C=O) groups is 2. The van der Waals surface area contributed by atoms with Gasteiger partial charge >= 0.3 is 6.18 Å². The largest absolute Gasteiger partial charge is 0.486 e. The number of hydrogen-bond acceptors (Lipinski definition) is 8. The zero-order valence-corrected chi connectivity index (χ0v) is 28.3. The summed E-state index contributed by atoms with van der Waals surface area (Å²) in [6.07, 6.45) is -4.00. The third-order valence-electron chi connectivity index (χ3n) is 9.04. The van der Waals surface area contributed by atoms with Gasteiger partial charge in [-0.2, -0.15) is 18.3 Å². The van der Waals surface area contributed by atoms with E-state index in [0.29, 0.717) is 41.2 Å². The standard InChI is InChI=1S/C20H14F4N2O2.C19H20N2O3/c1-11-6-14(21)3-4-16(11)26-17(9-19(25-26)20(22,23)24)12-2-5-18-13(7-12)8-15(27)10-28-18;1-13-10-21(17(12-23-13)14-5-3-2-4-6-14)19-8-7-18-16(20-19)9-15(22)11-24-18/h2-7,9H,8,10H2,1H3;2-8,13,17H,9-12H2,1H3/t;13-,17+/m.1/s1. The van der Waals surface area contributed by atoms with E-state index in [1.807, 2.05) is 30.3 Å². The van der Waals surface area contributed by atoms with Gasteiger partial charge in [0.25, 0.3) is 0 Å². The summed E-state index contributed by atoms with van der Waals surface area (Å²) in [6.45, 7) is 5.18. The van der Waals surface area contributed by atoms with Crippen LogP contribution in [0.3, 0.4) is 0 Å². The third kappa shape index (κ3) is 7.40. The summed E-state index contributed by atoms with van der Waals surface area (Å²) in [4.78, 5) is 30.3. The molecule has 3 aliphatic rings. The molecule has 0 aliphatic carbocycles. The van der Waals surface area contributed by atoms with Gasteiger partial charge in [0.05, 0.1) is 42.2 Å². The number of fused-ring (bicyclic) bond motifs is 2. The molecule has 0 bridgehead atoms. The normalized spacial score (nSPS) is 18.4. The Morgan fingerprint density at radius 1 is 0.846 bits per heavy atom. The van der Waals surface area contributed by atoms with Crippen LogP contribution in [0.2, 0.25) is 0 Å². The zero-order chi connectivity index (χ0) is 36.6. The van der Waals surface area contributed by atoms with Crippen molar-refractivity contribution in [2.45, 2.75) is 45.0 Å². The smallest absolute Gasteiger partial charge is 0.435 e. The van der Waals surface area contributed by atoms with Crippen molar-refractivity contribution in [1.82, 2.24) is 14.8 Å². The number of nitrogens with zero attached hydrogens (tertiary/aromatic N) is 4. The number of aromatic nitrogens is 3. The number of Topliss-reactive ketones (excluding diaryl/α,β-unsaturated/α-hetero) is 2. The van der Waals surface area contributed by atoms with E-state index in [-0.39, 0.29) is 49.0 Å². The van der Waals surface area contributed by atoms with Gasteiger partial charge in [0.15, 0.2) is 17.3 Å². The number of ketones is 2. The van der Waals surface area contributed by atoms with Crippen molar-refractivity contribution in [2.24, 2.45) is 0 Å². The lowest BCUT2D eigenvalue weighted by Crippen LogP contribution is -2.44. The second-order valence-electron chi connectivity index (χ2n) is 12.9. The number of carbonyl (C=O) groups excluding carboxylic acids is 2. The molecule has 3 aromatic carbocycles. The molecule has 3 aliphatic heterocycles. The summed E-state index contributed by atoms with van der Waals surface area (Å²) in [7, 11) is 0. The molecule has 0 amide bonds. The van der Waals surface area contributed by atoms with Crippen molar-refractivity contribution < 1.29 is 41.4 Å². The van der Waals surface area contributed by atoms with Crippen LogP contribution in [0.25, 0.3) is 16.9 Å². The highest BCUT2D eigenvalue weighted by molar-refractivity contribution is 5.85. The Balaban J connectivity index is 0.000000164. The molecule has 5 heterocycles. The van der Waals surface area contributed by atoms with E-state index in [9.17, 15) is 27.2 Å². The first-order valence-corrected chi connectivity index (χ1v) is 16.7. The molecule has 2 atom stereocenters. The highest BCUT2D eigenvalue weighted by atomic mass is 19.4. The first-order chi connectivity index (χ1) is 24.9. The molecule has 268 valence electrons. The number of benzene rings is 3. The van der Waals surface area contributed by atoms with Gasteiger partial charge in [-0.1, -0.05) is 30.3 Å². The van der Waals surface area contributed by atoms with Crippen LogP contribution in [-0.2, 0) is 33.3 Å². The number of pyridine rings is 1. The summed E-state index contributed by atoms with van der Waals surface area (Å²) in [6, 6.07) is 23.9.